The zero-order valence-electron chi connectivity index (χ0n) is 10.0. The maximum atomic E-state index is 12.4. The molecule has 18 heavy (non-hydrogen) atoms. The number of benzene rings is 1. The lowest BCUT2D eigenvalue weighted by atomic mass is 10.1. The second kappa shape index (κ2) is 5.24. The number of hydrogen-bond acceptors (Lipinski definition) is 2. The molecule has 3 nitrogen and oxygen atoms in total. The number of carbonyl (C=O) groups is 1. The topological polar surface area (TPSA) is 34.9 Å². The molecule has 0 aliphatic rings. The van der Waals surface area contributed by atoms with Gasteiger partial charge >= 0.3 is 0 Å². The Morgan fingerprint density at radius 1 is 1.39 bits per heavy atom. The SMILES string of the molecule is CC(C)n1nccc1C(=O)c1cc(Br)ccc1Cl. The first-order valence-electron chi connectivity index (χ1n) is 5.54. The summed E-state index contributed by atoms with van der Waals surface area (Å²) >= 11 is 9.41. The summed E-state index contributed by atoms with van der Waals surface area (Å²) < 4.78 is 2.52. The van der Waals surface area contributed by atoms with Gasteiger partial charge in [0.25, 0.3) is 0 Å². The molecule has 0 aliphatic heterocycles. The molecule has 0 saturated heterocycles. The van der Waals surface area contributed by atoms with Crippen LogP contribution in [0.15, 0.2) is 34.9 Å². The monoisotopic (exact) mass is 326 g/mol. The molecule has 0 unspecified atom stereocenters. The molecule has 5 heteroatoms. The third-order valence-corrected chi connectivity index (χ3v) is 3.39. The van der Waals surface area contributed by atoms with Gasteiger partial charge in [-0.05, 0) is 38.1 Å². The molecule has 2 rings (SSSR count). The minimum Gasteiger partial charge on any atom is -0.287 e. The summed E-state index contributed by atoms with van der Waals surface area (Å²) in [5.41, 5.74) is 1.03. The molecule has 0 atom stereocenters. The van der Waals surface area contributed by atoms with E-state index in [0.717, 1.165) is 4.47 Å². The second-order valence-corrected chi connectivity index (χ2v) is 5.53. The van der Waals surface area contributed by atoms with Gasteiger partial charge in [0.2, 0.25) is 5.78 Å². The van der Waals surface area contributed by atoms with Crippen LogP contribution in [0, 0.1) is 0 Å². The number of hydrogen-bond donors (Lipinski definition) is 0. The van der Waals surface area contributed by atoms with Gasteiger partial charge in [0.05, 0.1) is 5.02 Å². The highest BCUT2D eigenvalue weighted by Gasteiger charge is 2.18. The molecule has 1 aromatic carbocycles. The van der Waals surface area contributed by atoms with Gasteiger partial charge in [-0.1, -0.05) is 27.5 Å². The first-order chi connectivity index (χ1) is 8.50. The molecule has 0 amide bonds. The van der Waals surface area contributed by atoms with Gasteiger partial charge in [-0.2, -0.15) is 5.10 Å². The highest BCUT2D eigenvalue weighted by Crippen LogP contribution is 2.24. The molecular weight excluding hydrogens is 316 g/mol. The van der Waals surface area contributed by atoms with Gasteiger partial charge in [-0.15, -0.1) is 0 Å². The van der Waals surface area contributed by atoms with E-state index in [4.69, 9.17) is 11.6 Å². The van der Waals surface area contributed by atoms with E-state index in [0.29, 0.717) is 16.3 Å². The number of carbonyl (C=O) groups excluding carboxylic acids is 1. The standard InChI is InChI=1S/C13H12BrClN2O/c1-8(2)17-12(5-6-16-17)13(18)10-7-9(14)3-4-11(10)15/h3-8H,1-2H3. The second-order valence-electron chi connectivity index (χ2n) is 4.21. The Balaban J connectivity index is 2.48. The largest absolute Gasteiger partial charge is 0.287 e. The molecule has 1 heterocycles. The maximum absolute atomic E-state index is 12.4. The van der Waals surface area contributed by atoms with E-state index in [9.17, 15) is 4.79 Å². The van der Waals surface area contributed by atoms with Crippen LogP contribution in [-0.2, 0) is 0 Å². The number of ketones is 1. The lowest BCUT2D eigenvalue weighted by molar-refractivity contribution is 0.102. The molecule has 2 aromatic rings. The zero-order valence-corrected chi connectivity index (χ0v) is 12.4. The number of aromatic nitrogens is 2. The minimum atomic E-state index is -0.118. The van der Waals surface area contributed by atoms with Crippen molar-refractivity contribution in [3.05, 3.63) is 51.2 Å². The Morgan fingerprint density at radius 2 is 2.11 bits per heavy atom. The molecule has 0 radical (unpaired) electrons. The van der Waals surface area contributed by atoms with Crippen molar-refractivity contribution in [1.82, 2.24) is 9.78 Å². The average molecular weight is 328 g/mol. The first kappa shape index (κ1) is 13.3. The third-order valence-electron chi connectivity index (χ3n) is 2.57. The van der Waals surface area contributed by atoms with Crippen molar-refractivity contribution in [3.8, 4) is 0 Å². The fraction of sp³-hybridized carbons (Fsp3) is 0.231. The number of rotatable bonds is 3. The summed E-state index contributed by atoms with van der Waals surface area (Å²) in [6, 6.07) is 7.07. The van der Waals surface area contributed by atoms with Crippen molar-refractivity contribution in [2.45, 2.75) is 19.9 Å². The van der Waals surface area contributed by atoms with Gasteiger partial charge in [0.1, 0.15) is 5.69 Å². The van der Waals surface area contributed by atoms with Crippen LogP contribution < -0.4 is 0 Å². The van der Waals surface area contributed by atoms with E-state index in [1.54, 1.807) is 35.1 Å². The molecule has 0 fully saturated rings. The summed E-state index contributed by atoms with van der Waals surface area (Å²) in [5, 5.41) is 4.60. The fourth-order valence-corrected chi connectivity index (χ4v) is 2.28. The van der Waals surface area contributed by atoms with Crippen molar-refractivity contribution >= 4 is 33.3 Å². The summed E-state index contributed by atoms with van der Waals surface area (Å²) in [7, 11) is 0. The van der Waals surface area contributed by atoms with Crippen molar-refractivity contribution in [1.29, 1.82) is 0 Å². The van der Waals surface area contributed by atoms with Gasteiger partial charge < -0.3 is 0 Å². The lowest BCUT2D eigenvalue weighted by Crippen LogP contribution is -2.13. The smallest absolute Gasteiger partial charge is 0.212 e. The predicted molar refractivity (Wildman–Crippen MR) is 75.2 cm³/mol. The van der Waals surface area contributed by atoms with Crippen LogP contribution in [0.2, 0.25) is 5.02 Å². The van der Waals surface area contributed by atoms with E-state index in [1.807, 2.05) is 13.8 Å². The van der Waals surface area contributed by atoms with E-state index in [-0.39, 0.29) is 11.8 Å². The molecule has 0 aliphatic carbocycles. The Hall–Kier alpha value is -1.13. The molecule has 0 bridgehead atoms. The maximum Gasteiger partial charge on any atom is 0.212 e. The Bertz CT molecular complexity index is 592. The van der Waals surface area contributed by atoms with Crippen molar-refractivity contribution in [2.24, 2.45) is 0 Å². The van der Waals surface area contributed by atoms with Crippen LogP contribution in [0.1, 0.15) is 35.9 Å². The quantitative estimate of drug-likeness (QED) is 0.795. The number of nitrogens with zero attached hydrogens (tertiary/aromatic N) is 2. The summed E-state index contributed by atoms with van der Waals surface area (Å²) in [6.45, 7) is 3.96. The van der Waals surface area contributed by atoms with Gasteiger partial charge in [-0.3, -0.25) is 9.48 Å². The van der Waals surface area contributed by atoms with Crippen molar-refractivity contribution in [2.75, 3.05) is 0 Å². The summed E-state index contributed by atoms with van der Waals surface area (Å²) in [4.78, 5) is 12.4. The molecule has 0 spiro atoms. The Kier molecular flexibility index (Phi) is 3.88. The summed E-state index contributed by atoms with van der Waals surface area (Å²) in [6.07, 6.45) is 1.62. The fourth-order valence-electron chi connectivity index (χ4n) is 1.72. The number of halogens is 2. The van der Waals surface area contributed by atoms with Crippen LogP contribution in [-0.4, -0.2) is 15.6 Å². The van der Waals surface area contributed by atoms with E-state index >= 15 is 0 Å². The van der Waals surface area contributed by atoms with Crippen LogP contribution in [0.3, 0.4) is 0 Å². The molecule has 1 aromatic heterocycles. The van der Waals surface area contributed by atoms with E-state index in [2.05, 4.69) is 21.0 Å². The van der Waals surface area contributed by atoms with Gasteiger partial charge in [0, 0.05) is 22.3 Å². The van der Waals surface area contributed by atoms with Crippen molar-refractivity contribution in [3.63, 3.8) is 0 Å². The zero-order chi connectivity index (χ0) is 13.3. The Morgan fingerprint density at radius 3 is 2.78 bits per heavy atom. The molecule has 0 N–H and O–H groups in total. The van der Waals surface area contributed by atoms with Gasteiger partial charge in [0.15, 0.2) is 0 Å². The highest BCUT2D eigenvalue weighted by molar-refractivity contribution is 9.10. The van der Waals surface area contributed by atoms with E-state index < -0.39 is 0 Å². The van der Waals surface area contributed by atoms with Crippen LogP contribution in [0.4, 0.5) is 0 Å². The van der Waals surface area contributed by atoms with Crippen LogP contribution >= 0.6 is 27.5 Å². The van der Waals surface area contributed by atoms with E-state index in [1.165, 1.54) is 0 Å². The Labute approximate surface area is 119 Å². The molecule has 0 saturated carbocycles. The predicted octanol–water partition coefficient (Wildman–Crippen LogP) is 4.11. The molecule has 94 valence electrons. The van der Waals surface area contributed by atoms with Crippen molar-refractivity contribution < 1.29 is 4.79 Å². The minimum absolute atomic E-state index is 0.118. The normalized spacial score (nSPS) is 10.9. The third kappa shape index (κ3) is 2.49. The lowest BCUT2D eigenvalue weighted by Gasteiger charge is -2.10. The highest BCUT2D eigenvalue weighted by atomic mass is 79.9. The molecular formula is C13H12BrClN2O. The first-order valence-corrected chi connectivity index (χ1v) is 6.71. The average Bonchev–Trinajstić information content (AvgIpc) is 2.80. The van der Waals surface area contributed by atoms with Crippen LogP contribution in [0.25, 0.3) is 0 Å². The van der Waals surface area contributed by atoms with Gasteiger partial charge in [-0.25, -0.2) is 0 Å². The van der Waals surface area contributed by atoms with Crippen LogP contribution in [0.5, 0.6) is 0 Å². The summed E-state index contributed by atoms with van der Waals surface area (Å²) in [5.74, 6) is -0.118.